The third-order valence-electron chi connectivity index (χ3n) is 3.81. The lowest BCUT2D eigenvalue weighted by atomic mass is 10.1. The Balaban J connectivity index is 1.51. The van der Waals surface area contributed by atoms with Gasteiger partial charge in [0.25, 0.3) is 0 Å². The summed E-state index contributed by atoms with van der Waals surface area (Å²) in [6, 6.07) is 14.8. The largest absolute Gasteiger partial charge is 0.362 e. The van der Waals surface area contributed by atoms with Crippen LogP contribution < -0.4 is 10.6 Å². The Morgan fingerprint density at radius 3 is 2.73 bits per heavy atom. The van der Waals surface area contributed by atoms with Crippen LogP contribution in [0.5, 0.6) is 0 Å². The predicted molar refractivity (Wildman–Crippen MR) is 107 cm³/mol. The normalized spacial score (nSPS) is 10.5. The fraction of sp³-hybridized carbons (Fsp3) is 0.158. The molecule has 2 aromatic carbocycles. The van der Waals surface area contributed by atoms with Crippen molar-refractivity contribution in [1.82, 2.24) is 15.1 Å². The van der Waals surface area contributed by atoms with E-state index in [1.165, 1.54) is 11.6 Å². The van der Waals surface area contributed by atoms with E-state index in [-0.39, 0.29) is 12.4 Å². The van der Waals surface area contributed by atoms with Crippen molar-refractivity contribution in [3.63, 3.8) is 0 Å². The zero-order valence-electron chi connectivity index (χ0n) is 14.0. The van der Waals surface area contributed by atoms with Crippen molar-refractivity contribution in [2.75, 3.05) is 11.9 Å². The van der Waals surface area contributed by atoms with Gasteiger partial charge in [0.2, 0.25) is 0 Å². The highest BCUT2D eigenvalue weighted by Crippen LogP contribution is 2.20. The minimum atomic E-state index is -0.347. The monoisotopic (exact) mass is 388 g/mol. The third kappa shape index (κ3) is 5.03. The SMILES string of the molecule is Fc1cccc(Cl)c1Cn1cc(NC(=S)NCCc2ccccc2)cn1. The Kier molecular flexibility index (Phi) is 6.20. The lowest BCUT2D eigenvalue weighted by Crippen LogP contribution is -2.30. The molecule has 134 valence electrons. The molecule has 3 aromatic rings. The fourth-order valence-electron chi connectivity index (χ4n) is 2.50. The molecule has 0 atom stereocenters. The molecule has 2 N–H and O–H groups in total. The summed E-state index contributed by atoms with van der Waals surface area (Å²) in [7, 11) is 0. The van der Waals surface area contributed by atoms with E-state index in [1.54, 1.807) is 29.2 Å². The van der Waals surface area contributed by atoms with Crippen LogP contribution in [-0.4, -0.2) is 21.4 Å². The van der Waals surface area contributed by atoms with E-state index in [0.717, 1.165) is 18.7 Å². The van der Waals surface area contributed by atoms with Crippen molar-refractivity contribution >= 4 is 34.6 Å². The van der Waals surface area contributed by atoms with Crippen LogP contribution in [0.1, 0.15) is 11.1 Å². The first-order valence-electron chi connectivity index (χ1n) is 8.16. The number of anilines is 1. The van der Waals surface area contributed by atoms with E-state index in [1.807, 2.05) is 18.2 Å². The third-order valence-corrected chi connectivity index (χ3v) is 4.42. The second kappa shape index (κ2) is 8.78. The molecule has 0 aliphatic rings. The van der Waals surface area contributed by atoms with Crippen LogP contribution in [0.25, 0.3) is 0 Å². The maximum atomic E-state index is 13.9. The van der Waals surface area contributed by atoms with Gasteiger partial charge in [0.05, 0.1) is 18.4 Å². The van der Waals surface area contributed by atoms with E-state index < -0.39 is 0 Å². The summed E-state index contributed by atoms with van der Waals surface area (Å²) in [5.74, 6) is -0.347. The molecular formula is C19H18ClFN4S. The molecule has 0 saturated heterocycles. The fourth-order valence-corrected chi connectivity index (χ4v) is 2.94. The van der Waals surface area contributed by atoms with Crippen molar-refractivity contribution in [3.8, 4) is 0 Å². The van der Waals surface area contributed by atoms with Gasteiger partial charge < -0.3 is 10.6 Å². The number of hydrogen-bond acceptors (Lipinski definition) is 2. The number of nitrogens with one attached hydrogen (secondary N) is 2. The minimum absolute atomic E-state index is 0.251. The zero-order valence-corrected chi connectivity index (χ0v) is 15.5. The van der Waals surface area contributed by atoms with E-state index >= 15 is 0 Å². The number of hydrogen-bond donors (Lipinski definition) is 2. The van der Waals surface area contributed by atoms with Crippen molar-refractivity contribution in [2.45, 2.75) is 13.0 Å². The van der Waals surface area contributed by atoms with Gasteiger partial charge in [0, 0.05) is 23.3 Å². The summed E-state index contributed by atoms with van der Waals surface area (Å²) in [6.45, 7) is 0.982. The molecule has 7 heteroatoms. The maximum Gasteiger partial charge on any atom is 0.170 e. The molecule has 0 aliphatic heterocycles. The minimum Gasteiger partial charge on any atom is -0.362 e. The van der Waals surface area contributed by atoms with Crippen LogP contribution in [0.15, 0.2) is 60.9 Å². The first kappa shape index (κ1) is 18.4. The summed E-state index contributed by atoms with van der Waals surface area (Å²) in [4.78, 5) is 0. The van der Waals surface area contributed by atoms with Crippen molar-refractivity contribution in [3.05, 3.63) is 82.9 Å². The predicted octanol–water partition coefficient (Wildman–Crippen LogP) is 4.25. The van der Waals surface area contributed by atoms with Crippen LogP contribution in [0.4, 0.5) is 10.1 Å². The van der Waals surface area contributed by atoms with Gasteiger partial charge in [-0.05, 0) is 36.3 Å². The van der Waals surface area contributed by atoms with Crippen LogP contribution in [0, 0.1) is 5.82 Å². The molecule has 1 heterocycles. The highest BCUT2D eigenvalue weighted by atomic mass is 35.5. The maximum absolute atomic E-state index is 13.9. The summed E-state index contributed by atoms with van der Waals surface area (Å²) < 4.78 is 15.5. The van der Waals surface area contributed by atoms with E-state index in [4.69, 9.17) is 23.8 Å². The van der Waals surface area contributed by atoms with Crippen LogP contribution in [-0.2, 0) is 13.0 Å². The Labute approximate surface area is 162 Å². The molecule has 0 unspecified atom stereocenters. The van der Waals surface area contributed by atoms with Crippen LogP contribution >= 0.6 is 23.8 Å². The molecule has 0 bridgehead atoms. The molecule has 3 rings (SSSR count). The molecule has 1 aromatic heterocycles. The van der Waals surface area contributed by atoms with E-state index in [2.05, 4.69) is 27.9 Å². The molecule has 0 amide bonds. The second-order valence-electron chi connectivity index (χ2n) is 5.74. The summed E-state index contributed by atoms with van der Waals surface area (Å²) in [5, 5.41) is 11.3. The smallest absolute Gasteiger partial charge is 0.170 e. The Morgan fingerprint density at radius 1 is 1.15 bits per heavy atom. The van der Waals surface area contributed by atoms with Gasteiger partial charge in [-0.25, -0.2) is 4.39 Å². The molecule has 26 heavy (non-hydrogen) atoms. The Bertz CT molecular complexity index is 862. The standard InChI is InChI=1S/C19H18ClFN4S/c20-17-7-4-8-18(21)16(17)13-25-12-15(11-23-25)24-19(26)22-10-9-14-5-2-1-3-6-14/h1-8,11-12H,9-10,13H2,(H2,22,24,26). The molecule has 0 fully saturated rings. The van der Waals surface area contributed by atoms with Gasteiger partial charge in [-0.1, -0.05) is 48.0 Å². The number of nitrogens with zero attached hydrogens (tertiary/aromatic N) is 2. The zero-order chi connectivity index (χ0) is 18.4. The number of aromatic nitrogens is 2. The molecule has 0 spiro atoms. The molecule has 0 aliphatic carbocycles. The van der Waals surface area contributed by atoms with Gasteiger partial charge in [0.15, 0.2) is 5.11 Å². The lowest BCUT2D eigenvalue weighted by Gasteiger charge is -2.09. The van der Waals surface area contributed by atoms with Crippen LogP contribution in [0.2, 0.25) is 5.02 Å². The first-order valence-corrected chi connectivity index (χ1v) is 8.94. The van der Waals surface area contributed by atoms with Crippen molar-refractivity contribution < 1.29 is 4.39 Å². The quantitative estimate of drug-likeness (QED) is 0.619. The average Bonchev–Trinajstić information content (AvgIpc) is 3.06. The van der Waals surface area contributed by atoms with Crippen LogP contribution in [0.3, 0.4) is 0 Å². The highest BCUT2D eigenvalue weighted by Gasteiger charge is 2.09. The highest BCUT2D eigenvalue weighted by molar-refractivity contribution is 7.80. The lowest BCUT2D eigenvalue weighted by molar-refractivity contribution is 0.585. The van der Waals surface area contributed by atoms with E-state index in [9.17, 15) is 4.39 Å². The first-order chi connectivity index (χ1) is 12.6. The second-order valence-corrected chi connectivity index (χ2v) is 6.56. The van der Waals surface area contributed by atoms with Gasteiger partial charge in [-0.2, -0.15) is 5.10 Å². The van der Waals surface area contributed by atoms with Gasteiger partial charge in [-0.3, -0.25) is 4.68 Å². The number of halogens is 2. The van der Waals surface area contributed by atoms with Gasteiger partial charge in [-0.15, -0.1) is 0 Å². The molecule has 0 saturated carbocycles. The summed E-state index contributed by atoms with van der Waals surface area (Å²) in [5.41, 5.74) is 2.39. The molecular weight excluding hydrogens is 371 g/mol. The number of benzene rings is 2. The van der Waals surface area contributed by atoms with Gasteiger partial charge in [0.1, 0.15) is 5.82 Å². The molecule has 4 nitrogen and oxygen atoms in total. The van der Waals surface area contributed by atoms with Gasteiger partial charge >= 0.3 is 0 Å². The Morgan fingerprint density at radius 2 is 1.96 bits per heavy atom. The summed E-state index contributed by atoms with van der Waals surface area (Å²) in [6.07, 6.45) is 4.28. The average molecular weight is 389 g/mol. The molecule has 0 radical (unpaired) electrons. The Hall–Kier alpha value is -2.44. The van der Waals surface area contributed by atoms with Crippen molar-refractivity contribution in [2.24, 2.45) is 0 Å². The number of rotatable bonds is 6. The number of thiocarbonyl (C=S) groups is 1. The van der Waals surface area contributed by atoms with E-state index in [0.29, 0.717) is 15.7 Å². The topological polar surface area (TPSA) is 41.9 Å². The summed E-state index contributed by atoms with van der Waals surface area (Å²) >= 11 is 11.3. The van der Waals surface area contributed by atoms with Crippen molar-refractivity contribution in [1.29, 1.82) is 0 Å².